The smallest absolute Gasteiger partial charge is 0.274 e. The molecule has 3 aromatic rings. The topological polar surface area (TPSA) is 99.0 Å². The van der Waals surface area contributed by atoms with Crippen LogP contribution in [-0.4, -0.2) is 47.1 Å². The number of hydrogen-bond acceptors (Lipinski definition) is 7. The average molecular weight is 570 g/mol. The molecular weight excluding hydrogens is 534 g/mol. The molecule has 0 spiro atoms. The highest BCUT2D eigenvalue weighted by Crippen LogP contribution is 2.40. The zero-order chi connectivity index (χ0) is 28.1. The van der Waals surface area contributed by atoms with Crippen molar-refractivity contribution in [2.75, 3.05) is 29.9 Å². The van der Waals surface area contributed by atoms with E-state index in [1.165, 1.54) is 28.8 Å². The molecule has 1 aromatic carbocycles. The summed E-state index contributed by atoms with van der Waals surface area (Å²) in [5, 5.41) is 17.3. The number of aliphatic imine (C=N–C) groups is 1. The zero-order valence-corrected chi connectivity index (χ0v) is 24.1. The molecular formula is C32H35N5O3S. The number of carbonyl (C=O) groups is 1. The summed E-state index contributed by atoms with van der Waals surface area (Å²) in [4.78, 5) is 35.9. The van der Waals surface area contributed by atoms with Crippen molar-refractivity contribution in [3.8, 4) is 11.1 Å². The fourth-order valence-corrected chi connectivity index (χ4v) is 8.22. The number of dihydropyridines is 1. The maximum absolute atomic E-state index is 13.8. The first kappa shape index (κ1) is 26.4. The van der Waals surface area contributed by atoms with Gasteiger partial charge >= 0.3 is 0 Å². The molecule has 9 heteroatoms. The van der Waals surface area contributed by atoms with E-state index in [4.69, 9.17) is 4.99 Å². The minimum Gasteiger partial charge on any atom is -0.392 e. The van der Waals surface area contributed by atoms with E-state index in [0.29, 0.717) is 29.5 Å². The molecule has 3 aliphatic heterocycles. The van der Waals surface area contributed by atoms with Crippen LogP contribution in [0.25, 0.3) is 11.1 Å². The van der Waals surface area contributed by atoms with E-state index in [1.807, 2.05) is 35.2 Å². The largest absolute Gasteiger partial charge is 0.392 e. The van der Waals surface area contributed by atoms with Crippen LogP contribution in [0, 0.1) is 5.92 Å². The molecule has 0 radical (unpaired) electrons. The molecule has 2 aromatic heterocycles. The van der Waals surface area contributed by atoms with Gasteiger partial charge in [0.15, 0.2) is 0 Å². The molecule has 3 N–H and O–H groups in total. The van der Waals surface area contributed by atoms with Crippen molar-refractivity contribution >= 4 is 34.5 Å². The van der Waals surface area contributed by atoms with Crippen LogP contribution in [0.3, 0.4) is 0 Å². The summed E-state index contributed by atoms with van der Waals surface area (Å²) >= 11 is 1.67. The summed E-state index contributed by atoms with van der Waals surface area (Å²) in [6.45, 7) is 2.24. The van der Waals surface area contributed by atoms with Gasteiger partial charge in [0.2, 0.25) is 0 Å². The molecule has 1 aliphatic carbocycles. The highest BCUT2D eigenvalue weighted by Gasteiger charge is 2.33. The van der Waals surface area contributed by atoms with E-state index in [-0.39, 0.29) is 24.1 Å². The Bertz CT molecular complexity index is 1650. The van der Waals surface area contributed by atoms with Gasteiger partial charge in [0, 0.05) is 48.3 Å². The van der Waals surface area contributed by atoms with Crippen LogP contribution < -0.4 is 21.1 Å². The quantitative estimate of drug-likeness (QED) is 0.441. The number of aliphatic hydroxyl groups is 1. The molecule has 2 unspecified atom stereocenters. The molecule has 1 saturated heterocycles. The van der Waals surface area contributed by atoms with E-state index < -0.39 is 0 Å². The lowest BCUT2D eigenvalue weighted by molar-refractivity contribution is 0.0984. The Hall–Kier alpha value is -3.53. The van der Waals surface area contributed by atoms with Crippen molar-refractivity contribution in [3.05, 3.63) is 79.4 Å². The van der Waals surface area contributed by atoms with Gasteiger partial charge in [0.05, 0.1) is 23.2 Å². The number of hydrogen-bond donors (Lipinski definition) is 3. The molecule has 0 bridgehead atoms. The molecule has 0 saturated carbocycles. The minimum absolute atomic E-state index is 0.0265. The normalized spacial score (nSPS) is 21.7. The highest BCUT2D eigenvalue weighted by atomic mass is 32.1. The van der Waals surface area contributed by atoms with Gasteiger partial charge in [-0.15, -0.1) is 11.3 Å². The number of amidine groups is 1. The van der Waals surface area contributed by atoms with Gasteiger partial charge in [0.1, 0.15) is 11.5 Å². The van der Waals surface area contributed by atoms with E-state index in [2.05, 4.69) is 16.7 Å². The number of benzene rings is 1. The molecule has 7 rings (SSSR count). The second-order valence-electron chi connectivity index (χ2n) is 11.5. The maximum atomic E-state index is 13.8. The molecule has 8 nitrogen and oxygen atoms in total. The molecule has 212 valence electrons. The number of piperidine rings is 1. The lowest BCUT2D eigenvalue weighted by Gasteiger charge is -2.30. The number of aromatic nitrogens is 1. The Kier molecular flexibility index (Phi) is 6.89. The Morgan fingerprint density at radius 3 is 2.93 bits per heavy atom. The monoisotopic (exact) mass is 569 g/mol. The molecule has 5 heterocycles. The third kappa shape index (κ3) is 4.66. The molecule has 41 heavy (non-hydrogen) atoms. The maximum Gasteiger partial charge on any atom is 0.274 e. The van der Waals surface area contributed by atoms with E-state index in [1.54, 1.807) is 29.1 Å². The van der Waals surface area contributed by atoms with Crippen molar-refractivity contribution in [1.29, 1.82) is 0 Å². The average Bonchev–Trinajstić information content (AvgIpc) is 3.39. The SMILES string of the molecule is Cn1cc(-c2cccc(N3CCc4c(sc5c4CCCC5)C3=O)c2CO)cc(NC2=NC3CCNCC3C=C2)c1=O. The van der Waals surface area contributed by atoms with Crippen LogP contribution in [0.5, 0.6) is 0 Å². The summed E-state index contributed by atoms with van der Waals surface area (Å²) in [6.07, 6.45) is 12.3. The first-order valence-electron chi connectivity index (χ1n) is 14.6. The second-order valence-corrected chi connectivity index (χ2v) is 12.6. The summed E-state index contributed by atoms with van der Waals surface area (Å²) in [5.74, 6) is 1.09. The van der Waals surface area contributed by atoms with Crippen molar-refractivity contribution in [2.45, 2.75) is 51.2 Å². The first-order chi connectivity index (χ1) is 20.0. The van der Waals surface area contributed by atoms with Crippen molar-refractivity contribution in [1.82, 2.24) is 9.88 Å². The van der Waals surface area contributed by atoms with E-state index in [9.17, 15) is 14.7 Å². The van der Waals surface area contributed by atoms with Gasteiger partial charge in [0.25, 0.3) is 11.5 Å². The van der Waals surface area contributed by atoms with Crippen LogP contribution in [0.2, 0.25) is 0 Å². The standard InChI is InChI=1S/C32H35N5O3S/c1-36-17-20(15-26(31(36)39)35-29-10-9-19-16-33-13-11-25(19)34-29)21-6-4-7-27(24(21)18-38)37-14-12-23-22-5-2-3-8-28(22)41-30(23)32(37)40/h4,6-7,9-10,15,17,19,25,33,38H,2-3,5,8,11-14,16,18H2,1H3,(H,34,35). The number of rotatable bonds is 4. The number of fused-ring (bicyclic) bond motifs is 4. The number of thiophene rings is 1. The van der Waals surface area contributed by atoms with Gasteiger partial charge in [-0.3, -0.25) is 14.6 Å². The third-order valence-electron chi connectivity index (χ3n) is 8.96. The number of nitrogens with zero attached hydrogens (tertiary/aromatic N) is 3. The molecule has 4 aliphatic rings. The number of anilines is 2. The highest BCUT2D eigenvalue weighted by molar-refractivity contribution is 7.14. The van der Waals surface area contributed by atoms with E-state index in [0.717, 1.165) is 60.5 Å². The Morgan fingerprint density at radius 1 is 1.17 bits per heavy atom. The number of nitrogens with one attached hydrogen (secondary N) is 2. The predicted molar refractivity (Wildman–Crippen MR) is 164 cm³/mol. The van der Waals surface area contributed by atoms with Crippen molar-refractivity contribution in [2.24, 2.45) is 18.0 Å². The predicted octanol–water partition coefficient (Wildman–Crippen LogP) is 4.05. The van der Waals surface area contributed by atoms with E-state index >= 15 is 0 Å². The zero-order valence-electron chi connectivity index (χ0n) is 23.3. The lowest BCUT2D eigenvalue weighted by atomic mass is 9.91. The number of amides is 1. The molecule has 1 fully saturated rings. The Morgan fingerprint density at radius 2 is 2.05 bits per heavy atom. The number of pyridine rings is 1. The van der Waals surface area contributed by atoms with Crippen LogP contribution in [0.4, 0.5) is 11.4 Å². The lowest BCUT2D eigenvalue weighted by Crippen LogP contribution is -2.40. The van der Waals surface area contributed by atoms with Gasteiger partial charge < -0.3 is 25.2 Å². The van der Waals surface area contributed by atoms with Crippen molar-refractivity contribution < 1.29 is 9.90 Å². The summed E-state index contributed by atoms with van der Waals surface area (Å²) in [7, 11) is 1.73. The third-order valence-corrected chi connectivity index (χ3v) is 10.3. The first-order valence-corrected chi connectivity index (χ1v) is 15.5. The number of aliphatic hydroxyl groups excluding tert-OH is 1. The molecule has 1 amide bonds. The fourth-order valence-electron chi connectivity index (χ4n) is 6.83. The number of carbonyl (C=O) groups excluding carboxylic acids is 1. The molecule has 2 atom stereocenters. The van der Waals surface area contributed by atoms with Gasteiger partial charge in [-0.25, -0.2) is 0 Å². The fraction of sp³-hybridized carbons (Fsp3) is 0.406. The van der Waals surface area contributed by atoms with Crippen molar-refractivity contribution in [3.63, 3.8) is 0 Å². The van der Waals surface area contributed by atoms with Crippen LogP contribution in [0.1, 0.15) is 50.5 Å². The summed E-state index contributed by atoms with van der Waals surface area (Å²) in [6, 6.07) is 7.83. The van der Waals surface area contributed by atoms with Gasteiger partial charge in [-0.1, -0.05) is 18.2 Å². The van der Waals surface area contributed by atoms with Gasteiger partial charge in [-0.05, 0) is 80.0 Å². The van der Waals surface area contributed by atoms with Crippen LogP contribution in [-0.2, 0) is 32.9 Å². The Balaban J connectivity index is 1.22. The van der Waals surface area contributed by atoms with Crippen LogP contribution >= 0.6 is 11.3 Å². The second kappa shape index (κ2) is 10.7. The van der Waals surface area contributed by atoms with Gasteiger partial charge in [-0.2, -0.15) is 0 Å². The number of aryl methyl sites for hydroxylation is 2. The van der Waals surface area contributed by atoms with Crippen LogP contribution in [0.15, 0.2) is 52.4 Å². The Labute approximate surface area is 243 Å². The minimum atomic E-state index is -0.221. The summed E-state index contributed by atoms with van der Waals surface area (Å²) < 4.78 is 1.56. The summed E-state index contributed by atoms with van der Waals surface area (Å²) in [5.41, 5.74) is 5.94.